The first kappa shape index (κ1) is 15.2. The largest absolute Gasteiger partial charge is 0.461 e. The molecule has 16 heavy (non-hydrogen) atoms. The van der Waals surface area contributed by atoms with Crippen LogP contribution in [0.4, 0.5) is 0 Å². The van der Waals surface area contributed by atoms with Crippen LogP contribution in [-0.2, 0) is 18.6 Å². The Morgan fingerprint density at radius 2 is 2.19 bits per heavy atom. The zero-order valence-electron chi connectivity index (χ0n) is 9.93. The lowest BCUT2D eigenvalue weighted by molar-refractivity contribution is -0.146. The van der Waals surface area contributed by atoms with Crippen molar-refractivity contribution in [3.8, 4) is 6.07 Å². The Kier molecular flexibility index (Phi) is 7.03. The highest BCUT2D eigenvalue weighted by Gasteiger charge is 2.20. The van der Waals surface area contributed by atoms with Gasteiger partial charge in [-0.1, -0.05) is 0 Å². The van der Waals surface area contributed by atoms with E-state index in [2.05, 4.69) is 0 Å². The summed E-state index contributed by atoms with van der Waals surface area (Å²) in [5.74, 6) is -0.428. The van der Waals surface area contributed by atoms with Crippen molar-refractivity contribution in [1.82, 2.24) is 0 Å². The minimum Gasteiger partial charge on any atom is -0.461 e. The van der Waals surface area contributed by atoms with E-state index in [1.807, 2.05) is 6.07 Å². The van der Waals surface area contributed by atoms with E-state index in [9.17, 15) is 9.36 Å². The van der Waals surface area contributed by atoms with Crippen LogP contribution in [0, 0.1) is 11.3 Å². The summed E-state index contributed by atoms with van der Waals surface area (Å²) < 4.78 is 21.8. The third kappa shape index (κ3) is 7.44. The average Bonchev–Trinajstić information content (AvgIpc) is 2.14. The lowest BCUT2D eigenvalue weighted by Crippen LogP contribution is -2.17. The highest BCUT2D eigenvalue weighted by atomic mass is 31.2. The number of nitrogens with zero attached hydrogens (tertiary/aromatic N) is 1. The molecule has 0 aromatic carbocycles. The Bertz CT molecular complexity index is 310. The Morgan fingerprint density at radius 3 is 2.62 bits per heavy atom. The van der Waals surface area contributed by atoms with Crippen LogP contribution in [-0.4, -0.2) is 31.5 Å². The molecule has 2 unspecified atom stereocenters. The van der Waals surface area contributed by atoms with Gasteiger partial charge < -0.3 is 9.26 Å². The van der Waals surface area contributed by atoms with E-state index >= 15 is 0 Å². The van der Waals surface area contributed by atoms with Gasteiger partial charge in [-0.3, -0.25) is 9.36 Å². The highest BCUT2D eigenvalue weighted by molar-refractivity contribution is 7.58. The molecular weight excluding hydrogens is 229 g/mol. The number of hydrogen-bond acceptors (Lipinski definition) is 5. The summed E-state index contributed by atoms with van der Waals surface area (Å²) in [7, 11) is -2.61. The number of rotatable bonds is 7. The monoisotopic (exact) mass is 247 g/mol. The van der Waals surface area contributed by atoms with Crippen LogP contribution < -0.4 is 0 Å². The fourth-order valence-electron chi connectivity index (χ4n) is 1.26. The van der Waals surface area contributed by atoms with Crippen LogP contribution in [0.2, 0.25) is 0 Å². The van der Waals surface area contributed by atoms with E-state index < -0.39 is 19.4 Å². The fourth-order valence-corrected chi connectivity index (χ4v) is 2.69. The molecule has 0 heterocycles. The topological polar surface area (TPSA) is 76.4 Å². The van der Waals surface area contributed by atoms with Gasteiger partial charge in [0.2, 0.25) is 0 Å². The predicted octanol–water partition coefficient (Wildman–Crippen LogP) is 2.17. The molecule has 0 bridgehead atoms. The van der Waals surface area contributed by atoms with E-state index in [4.69, 9.17) is 14.5 Å². The molecule has 0 rings (SSSR count). The fraction of sp³-hybridized carbons (Fsp3) is 0.800. The van der Waals surface area contributed by atoms with Gasteiger partial charge in [-0.2, -0.15) is 5.26 Å². The molecular formula is C10H18NO4P. The maximum absolute atomic E-state index is 11.8. The van der Waals surface area contributed by atoms with Crippen molar-refractivity contribution in [3.63, 3.8) is 0 Å². The normalized spacial score (nSPS) is 15.9. The van der Waals surface area contributed by atoms with Crippen molar-refractivity contribution in [2.45, 2.75) is 32.8 Å². The summed E-state index contributed by atoms with van der Waals surface area (Å²) in [5, 5.41) is 8.54. The molecule has 5 nitrogen and oxygen atoms in total. The first-order valence-electron chi connectivity index (χ1n) is 5.16. The van der Waals surface area contributed by atoms with Gasteiger partial charge in [0, 0.05) is 19.8 Å². The van der Waals surface area contributed by atoms with Crippen LogP contribution in [0.15, 0.2) is 0 Å². The minimum absolute atomic E-state index is 0.117. The van der Waals surface area contributed by atoms with E-state index in [0.717, 1.165) is 0 Å². The Labute approximate surface area is 96.2 Å². The third-order valence-corrected chi connectivity index (χ3v) is 3.79. The first-order valence-corrected chi connectivity index (χ1v) is 7.42. The van der Waals surface area contributed by atoms with Gasteiger partial charge in [-0.25, -0.2) is 0 Å². The van der Waals surface area contributed by atoms with Gasteiger partial charge in [-0.05, 0) is 13.3 Å². The van der Waals surface area contributed by atoms with Gasteiger partial charge >= 0.3 is 5.97 Å². The van der Waals surface area contributed by atoms with Crippen LogP contribution in [0.5, 0.6) is 0 Å². The predicted molar refractivity (Wildman–Crippen MR) is 60.4 cm³/mol. The van der Waals surface area contributed by atoms with Crippen molar-refractivity contribution in [2.75, 3.05) is 19.4 Å². The smallest absolute Gasteiger partial charge is 0.302 e. The first-order chi connectivity index (χ1) is 7.41. The number of ether oxygens (including phenoxy) is 1. The van der Waals surface area contributed by atoms with E-state index in [-0.39, 0.29) is 6.42 Å². The quantitative estimate of drug-likeness (QED) is 0.509. The zero-order valence-corrected chi connectivity index (χ0v) is 10.8. The summed E-state index contributed by atoms with van der Waals surface area (Å²) >= 11 is 0. The van der Waals surface area contributed by atoms with Gasteiger partial charge in [0.25, 0.3) is 0 Å². The maximum Gasteiger partial charge on any atom is 0.302 e. The summed E-state index contributed by atoms with van der Waals surface area (Å²) in [4.78, 5) is 10.7. The molecule has 0 aromatic heterocycles. The number of carbonyl (C=O) groups excluding carboxylic acids is 1. The lowest BCUT2D eigenvalue weighted by atomic mass is 10.2. The van der Waals surface area contributed by atoms with E-state index in [1.54, 1.807) is 13.6 Å². The molecule has 0 aromatic rings. The number of nitriles is 1. The Morgan fingerprint density at radius 1 is 1.56 bits per heavy atom. The van der Waals surface area contributed by atoms with Crippen molar-refractivity contribution in [2.24, 2.45) is 0 Å². The van der Waals surface area contributed by atoms with Crippen LogP contribution in [0.3, 0.4) is 0 Å². The highest BCUT2D eigenvalue weighted by Crippen LogP contribution is 2.43. The summed E-state index contributed by atoms with van der Waals surface area (Å²) in [6.07, 6.45) is 0.337. The number of carbonyl (C=O) groups is 1. The Hall–Kier alpha value is -0.850. The maximum atomic E-state index is 11.8. The van der Waals surface area contributed by atoms with Crippen molar-refractivity contribution in [3.05, 3.63) is 0 Å². The molecule has 0 amide bonds. The van der Waals surface area contributed by atoms with Crippen LogP contribution in [0.25, 0.3) is 0 Å². The molecule has 0 aliphatic rings. The van der Waals surface area contributed by atoms with Gasteiger partial charge in [0.15, 0.2) is 7.37 Å². The van der Waals surface area contributed by atoms with Crippen LogP contribution >= 0.6 is 7.37 Å². The summed E-state index contributed by atoms with van der Waals surface area (Å²) in [6.45, 7) is 5.01. The third-order valence-electron chi connectivity index (χ3n) is 1.91. The van der Waals surface area contributed by atoms with Gasteiger partial charge in [-0.15, -0.1) is 0 Å². The lowest BCUT2D eigenvalue weighted by Gasteiger charge is -2.17. The molecule has 0 fully saturated rings. The SMILES string of the molecule is CCOP(C)(=O)CCC(CC#N)OC(C)=O. The molecule has 0 radical (unpaired) electrons. The standard InChI is InChI=1S/C10H18NO4P/c1-4-14-16(3,13)8-6-10(5-7-11)15-9(2)12/h10H,4-6,8H2,1-3H3. The molecule has 0 saturated carbocycles. The molecule has 2 atom stereocenters. The zero-order chi connectivity index (χ0) is 12.6. The second-order valence-corrected chi connectivity index (χ2v) is 6.27. The van der Waals surface area contributed by atoms with Gasteiger partial charge in [0.05, 0.1) is 19.1 Å². The molecule has 0 spiro atoms. The van der Waals surface area contributed by atoms with Crippen molar-refractivity contribution < 1.29 is 18.6 Å². The summed E-state index contributed by atoms with van der Waals surface area (Å²) in [6, 6.07) is 1.93. The second-order valence-electron chi connectivity index (χ2n) is 3.54. The average molecular weight is 247 g/mol. The second kappa shape index (κ2) is 7.43. The van der Waals surface area contributed by atoms with Gasteiger partial charge in [0.1, 0.15) is 6.10 Å². The molecule has 0 aliphatic carbocycles. The van der Waals surface area contributed by atoms with Crippen molar-refractivity contribution >= 4 is 13.3 Å². The van der Waals surface area contributed by atoms with Crippen LogP contribution in [0.1, 0.15) is 26.7 Å². The van der Waals surface area contributed by atoms with E-state index in [0.29, 0.717) is 19.2 Å². The minimum atomic E-state index is -2.61. The molecule has 0 aliphatic heterocycles. The molecule has 92 valence electrons. The molecule has 6 heteroatoms. The number of hydrogen-bond donors (Lipinski definition) is 0. The summed E-state index contributed by atoms with van der Waals surface area (Å²) in [5.41, 5.74) is 0. The van der Waals surface area contributed by atoms with Crippen molar-refractivity contribution in [1.29, 1.82) is 5.26 Å². The van der Waals surface area contributed by atoms with E-state index in [1.165, 1.54) is 6.92 Å². The number of esters is 1. The molecule has 0 saturated heterocycles. The molecule has 0 N–H and O–H groups in total. The Balaban J connectivity index is 4.16.